The van der Waals surface area contributed by atoms with Gasteiger partial charge in [0, 0.05) is 11.9 Å². The number of nitrogens with one attached hydrogen (secondary N) is 1. The molecule has 1 rings (SSSR count). The predicted octanol–water partition coefficient (Wildman–Crippen LogP) is 2.56. The van der Waals surface area contributed by atoms with E-state index in [1.807, 2.05) is 0 Å². The molecular formula is C8H8Cl2N2O2. The number of rotatable bonds is 2. The first-order valence-electron chi connectivity index (χ1n) is 3.72. The Kier molecular flexibility index (Phi) is 3.57. The Morgan fingerprint density at radius 3 is 2.64 bits per heavy atom. The monoisotopic (exact) mass is 234 g/mol. The Morgan fingerprint density at radius 1 is 1.50 bits per heavy atom. The topological polar surface area (TPSA) is 52.6 Å². The van der Waals surface area contributed by atoms with Gasteiger partial charge in [-0.15, -0.1) is 5.17 Å². The fourth-order valence-corrected chi connectivity index (χ4v) is 1.22. The molecule has 0 saturated carbocycles. The standard InChI is InChI=1S/C8H8Cl2N2O2/c1-5(13)12(14)11-8-3-2-6(9)4-7(8)10/h2-4,11,14H,1H3. The maximum Gasteiger partial charge on any atom is 0.263 e. The van der Waals surface area contributed by atoms with Crippen LogP contribution in [0.2, 0.25) is 10.0 Å². The van der Waals surface area contributed by atoms with Crippen molar-refractivity contribution in [2.75, 3.05) is 5.43 Å². The van der Waals surface area contributed by atoms with Crippen LogP contribution in [0.25, 0.3) is 0 Å². The van der Waals surface area contributed by atoms with Crippen LogP contribution in [-0.2, 0) is 4.79 Å². The summed E-state index contributed by atoms with van der Waals surface area (Å²) in [4.78, 5) is 10.7. The molecule has 0 aliphatic rings. The number of carbonyl (C=O) groups is 1. The number of hydrogen-bond donors (Lipinski definition) is 2. The third-order valence-electron chi connectivity index (χ3n) is 1.46. The fraction of sp³-hybridized carbons (Fsp3) is 0.125. The highest BCUT2D eigenvalue weighted by atomic mass is 35.5. The maximum atomic E-state index is 10.7. The molecule has 1 amide bonds. The molecule has 0 spiro atoms. The Morgan fingerprint density at radius 2 is 2.14 bits per heavy atom. The van der Waals surface area contributed by atoms with Gasteiger partial charge in [-0.05, 0) is 18.2 Å². The number of amides is 1. The van der Waals surface area contributed by atoms with Crippen LogP contribution < -0.4 is 5.43 Å². The first-order valence-corrected chi connectivity index (χ1v) is 4.47. The Hall–Kier alpha value is -0.970. The molecule has 0 aliphatic heterocycles. The normalized spacial score (nSPS) is 9.71. The first kappa shape index (κ1) is 11.1. The highest BCUT2D eigenvalue weighted by molar-refractivity contribution is 6.36. The lowest BCUT2D eigenvalue weighted by Crippen LogP contribution is -2.30. The minimum Gasteiger partial charge on any atom is -0.271 e. The molecule has 0 fully saturated rings. The number of nitrogens with zero attached hydrogens (tertiary/aromatic N) is 1. The number of anilines is 1. The number of benzene rings is 1. The Bertz CT molecular complexity index is 357. The van der Waals surface area contributed by atoms with Crippen LogP contribution in [0.1, 0.15) is 6.92 Å². The molecular weight excluding hydrogens is 227 g/mol. The summed E-state index contributed by atoms with van der Waals surface area (Å²) in [6, 6.07) is 4.64. The molecule has 4 nitrogen and oxygen atoms in total. The third-order valence-corrected chi connectivity index (χ3v) is 2.00. The zero-order valence-corrected chi connectivity index (χ0v) is 8.80. The van der Waals surface area contributed by atoms with E-state index in [0.29, 0.717) is 20.9 Å². The third kappa shape index (κ3) is 2.77. The lowest BCUT2D eigenvalue weighted by atomic mass is 10.3. The van der Waals surface area contributed by atoms with Crippen molar-refractivity contribution in [2.45, 2.75) is 6.92 Å². The summed E-state index contributed by atoms with van der Waals surface area (Å²) in [6.45, 7) is 1.21. The van der Waals surface area contributed by atoms with Crippen molar-refractivity contribution in [1.29, 1.82) is 0 Å². The number of hydrazine groups is 1. The molecule has 0 unspecified atom stereocenters. The molecule has 0 aromatic heterocycles. The van der Waals surface area contributed by atoms with Crippen LogP contribution in [0, 0.1) is 0 Å². The molecule has 0 heterocycles. The van der Waals surface area contributed by atoms with Gasteiger partial charge in [-0.3, -0.25) is 15.4 Å². The second-order valence-electron chi connectivity index (χ2n) is 2.57. The second-order valence-corrected chi connectivity index (χ2v) is 3.41. The Labute approximate surface area is 91.0 Å². The van der Waals surface area contributed by atoms with E-state index in [0.717, 1.165) is 0 Å². The van der Waals surface area contributed by atoms with E-state index >= 15 is 0 Å². The van der Waals surface area contributed by atoms with Gasteiger partial charge in [0.15, 0.2) is 0 Å². The lowest BCUT2D eigenvalue weighted by Gasteiger charge is -2.15. The first-order chi connectivity index (χ1) is 6.50. The van der Waals surface area contributed by atoms with Crippen LogP contribution in [0.4, 0.5) is 5.69 Å². The molecule has 14 heavy (non-hydrogen) atoms. The van der Waals surface area contributed by atoms with E-state index < -0.39 is 5.91 Å². The largest absolute Gasteiger partial charge is 0.271 e. The van der Waals surface area contributed by atoms with E-state index in [1.54, 1.807) is 12.1 Å². The van der Waals surface area contributed by atoms with Crippen molar-refractivity contribution < 1.29 is 10.0 Å². The van der Waals surface area contributed by atoms with Gasteiger partial charge in [0.2, 0.25) is 0 Å². The van der Waals surface area contributed by atoms with E-state index in [1.165, 1.54) is 13.0 Å². The summed E-state index contributed by atoms with van der Waals surface area (Å²) in [5, 5.41) is 10.2. The average molecular weight is 235 g/mol. The van der Waals surface area contributed by atoms with Crippen molar-refractivity contribution in [2.24, 2.45) is 0 Å². The highest BCUT2D eigenvalue weighted by Gasteiger charge is 2.07. The molecule has 6 heteroatoms. The molecule has 0 bridgehead atoms. The molecule has 0 saturated heterocycles. The second kappa shape index (κ2) is 4.50. The van der Waals surface area contributed by atoms with Crippen molar-refractivity contribution >= 4 is 34.8 Å². The van der Waals surface area contributed by atoms with Crippen molar-refractivity contribution in [1.82, 2.24) is 5.17 Å². The van der Waals surface area contributed by atoms with Gasteiger partial charge in [0.25, 0.3) is 5.91 Å². The van der Waals surface area contributed by atoms with Gasteiger partial charge in [-0.25, -0.2) is 0 Å². The predicted molar refractivity (Wildman–Crippen MR) is 54.4 cm³/mol. The van der Waals surface area contributed by atoms with E-state index in [4.69, 9.17) is 28.4 Å². The fourth-order valence-electron chi connectivity index (χ4n) is 0.773. The molecule has 0 aliphatic carbocycles. The highest BCUT2D eigenvalue weighted by Crippen LogP contribution is 2.25. The van der Waals surface area contributed by atoms with Crippen molar-refractivity contribution in [3.8, 4) is 0 Å². The molecule has 1 aromatic rings. The lowest BCUT2D eigenvalue weighted by molar-refractivity contribution is -0.156. The van der Waals surface area contributed by atoms with Gasteiger partial charge in [-0.2, -0.15) is 0 Å². The van der Waals surface area contributed by atoms with Crippen LogP contribution in [0.3, 0.4) is 0 Å². The summed E-state index contributed by atoms with van der Waals surface area (Å²) < 4.78 is 0. The van der Waals surface area contributed by atoms with Gasteiger partial charge in [-0.1, -0.05) is 23.2 Å². The molecule has 0 atom stereocenters. The van der Waals surface area contributed by atoms with E-state index in [9.17, 15) is 4.79 Å². The zero-order chi connectivity index (χ0) is 10.7. The van der Waals surface area contributed by atoms with Gasteiger partial charge in [0.1, 0.15) is 0 Å². The molecule has 2 N–H and O–H groups in total. The summed E-state index contributed by atoms with van der Waals surface area (Å²) in [7, 11) is 0. The van der Waals surface area contributed by atoms with Gasteiger partial charge < -0.3 is 0 Å². The average Bonchev–Trinajstić information content (AvgIpc) is 2.09. The maximum absolute atomic E-state index is 10.7. The van der Waals surface area contributed by atoms with E-state index in [2.05, 4.69) is 5.43 Å². The van der Waals surface area contributed by atoms with Gasteiger partial charge >= 0.3 is 0 Å². The minimum atomic E-state index is -0.545. The van der Waals surface area contributed by atoms with Crippen LogP contribution in [-0.4, -0.2) is 16.3 Å². The Balaban J connectivity index is 2.82. The summed E-state index contributed by atoms with van der Waals surface area (Å²) in [6.07, 6.45) is 0. The number of carbonyl (C=O) groups excluding carboxylic acids is 1. The zero-order valence-electron chi connectivity index (χ0n) is 7.29. The minimum absolute atomic E-state index is 0.317. The molecule has 0 radical (unpaired) electrons. The van der Waals surface area contributed by atoms with Crippen LogP contribution >= 0.6 is 23.2 Å². The SMILES string of the molecule is CC(=O)N(O)Nc1ccc(Cl)cc1Cl. The van der Waals surface area contributed by atoms with Crippen LogP contribution in [0.5, 0.6) is 0 Å². The summed E-state index contributed by atoms with van der Waals surface area (Å²) in [5.74, 6) is -0.545. The van der Waals surface area contributed by atoms with Crippen molar-refractivity contribution in [3.63, 3.8) is 0 Å². The number of hydrogen-bond acceptors (Lipinski definition) is 3. The van der Waals surface area contributed by atoms with E-state index in [-0.39, 0.29) is 0 Å². The number of halogens is 2. The van der Waals surface area contributed by atoms with Crippen molar-refractivity contribution in [3.05, 3.63) is 28.2 Å². The smallest absolute Gasteiger partial charge is 0.263 e. The van der Waals surface area contributed by atoms with Crippen LogP contribution in [0.15, 0.2) is 18.2 Å². The van der Waals surface area contributed by atoms with Gasteiger partial charge in [0.05, 0.1) is 10.7 Å². The molecule has 76 valence electrons. The number of hydroxylamine groups is 1. The summed E-state index contributed by atoms with van der Waals surface area (Å²) in [5.41, 5.74) is 2.78. The molecule has 1 aromatic carbocycles. The summed E-state index contributed by atoms with van der Waals surface area (Å²) >= 11 is 11.4. The quantitative estimate of drug-likeness (QED) is 0.611.